The van der Waals surface area contributed by atoms with E-state index in [-0.39, 0.29) is 0 Å². The molecule has 0 atom stereocenters. The highest BCUT2D eigenvalue weighted by Gasteiger charge is 2.12. The Labute approximate surface area is 127 Å². The maximum Gasteiger partial charge on any atom is 0.105 e. The molecule has 0 unspecified atom stereocenters. The number of ether oxygens (including phenoxy) is 1. The maximum absolute atomic E-state index is 5.36. The molecule has 4 heterocycles. The zero-order valence-corrected chi connectivity index (χ0v) is 12.3. The summed E-state index contributed by atoms with van der Waals surface area (Å²) in [5, 5.41) is 12.9. The molecule has 0 spiro atoms. The first-order valence-corrected chi connectivity index (χ1v) is 7.51. The van der Waals surface area contributed by atoms with E-state index in [4.69, 9.17) is 4.74 Å². The van der Waals surface area contributed by atoms with Gasteiger partial charge in [-0.1, -0.05) is 0 Å². The van der Waals surface area contributed by atoms with Crippen LogP contribution in [0.3, 0.4) is 0 Å². The lowest BCUT2D eigenvalue weighted by atomic mass is 10.2. The van der Waals surface area contributed by atoms with Crippen molar-refractivity contribution in [3.8, 4) is 11.3 Å². The Morgan fingerprint density at radius 1 is 1.18 bits per heavy atom. The summed E-state index contributed by atoms with van der Waals surface area (Å²) in [6.07, 6.45) is 7.50. The predicted molar refractivity (Wildman–Crippen MR) is 82.4 cm³/mol. The van der Waals surface area contributed by atoms with Crippen LogP contribution in [0.4, 0.5) is 0 Å². The summed E-state index contributed by atoms with van der Waals surface area (Å²) in [6.45, 7) is 5.54. The molecule has 22 heavy (non-hydrogen) atoms. The second-order valence-electron chi connectivity index (χ2n) is 5.44. The number of aromatic nitrogens is 5. The van der Waals surface area contributed by atoms with Crippen molar-refractivity contribution >= 4 is 10.9 Å². The minimum Gasteiger partial charge on any atom is -0.379 e. The number of H-pyrrole nitrogens is 1. The van der Waals surface area contributed by atoms with Gasteiger partial charge in [-0.15, -0.1) is 0 Å². The standard InChI is InChI=1S/C15H18N6O/c1-2-16-10-13-14(1)18-19-15(13)12-9-17-21(11-12)4-3-20-5-7-22-8-6-20/h1-2,9-11H,3-8H2,(H,18,19). The lowest BCUT2D eigenvalue weighted by Crippen LogP contribution is -2.38. The van der Waals surface area contributed by atoms with Gasteiger partial charge in [-0.05, 0) is 6.07 Å². The minimum atomic E-state index is 0.830. The van der Waals surface area contributed by atoms with Gasteiger partial charge < -0.3 is 4.74 Å². The van der Waals surface area contributed by atoms with E-state index in [2.05, 4.69) is 25.2 Å². The third-order valence-electron chi connectivity index (χ3n) is 4.02. The van der Waals surface area contributed by atoms with E-state index < -0.39 is 0 Å². The highest BCUT2D eigenvalue weighted by Crippen LogP contribution is 2.24. The Morgan fingerprint density at radius 2 is 2.09 bits per heavy atom. The lowest BCUT2D eigenvalue weighted by molar-refractivity contribution is 0.0360. The Morgan fingerprint density at radius 3 is 3.00 bits per heavy atom. The summed E-state index contributed by atoms with van der Waals surface area (Å²) in [4.78, 5) is 6.57. The van der Waals surface area contributed by atoms with Gasteiger partial charge in [0, 0.05) is 49.2 Å². The predicted octanol–water partition coefficient (Wildman–Crippen LogP) is 1.15. The summed E-state index contributed by atoms with van der Waals surface area (Å²) in [5.41, 5.74) is 2.91. The van der Waals surface area contributed by atoms with E-state index in [9.17, 15) is 0 Å². The second kappa shape index (κ2) is 5.86. The van der Waals surface area contributed by atoms with E-state index in [0.29, 0.717) is 0 Å². The molecule has 3 aromatic heterocycles. The molecule has 7 nitrogen and oxygen atoms in total. The van der Waals surface area contributed by atoms with Crippen molar-refractivity contribution in [1.82, 2.24) is 29.9 Å². The Bertz CT molecular complexity index is 758. The van der Waals surface area contributed by atoms with Crippen molar-refractivity contribution in [2.75, 3.05) is 32.8 Å². The van der Waals surface area contributed by atoms with E-state index in [1.807, 2.05) is 29.3 Å². The number of nitrogens with zero attached hydrogens (tertiary/aromatic N) is 5. The summed E-state index contributed by atoms with van der Waals surface area (Å²) in [5.74, 6) is 0. The molecule has 1 fully saturated rings. The molecule has 0 saturated carbocycles. The first-order chi connectivity index (χ1) is 10.9. The van der Waals surface area contributed by atoms with Gasteiger partial charge in [0.2, 0.25) is 0 Å². The molecule has 1 aliphatic rings. The van der Waals surface area contributed by atoms with Gasteiger partial charge in [0.25, 0.3) is 0 Å². The number of pyridine rings is 1. The number of morpholine rings is 1. The zero-order valence-electron chi connectivity index (χ0n) is 12.3. The van der Waals surface area contributed by atoms with Gasteiger partial charge >= 0.3 is 0 Å². The number of hydrogen-bond donors (Lipinski definition) is 1. The summed E-state index contributed by atoms with van der Waals surface area (Å²) in [7, 11) is 0. The Kier molecular flexibility index (Phi) is 3.57. The average Bonchev–Trinajstić information content (AvgIpc) is 3.20. The van der Waals surface area contributed by atoms with Crippen LogP contribution in [0.1, 0.15) is 0 Å². The molecule has 1 N–H and O–H groups in total. The van der Waals surface area contributed by atoms with Crippen LogP contribution in [0, 0.1) is 0 Å². The van der Waals surface area contributed by atoms with Crippen molar-refractivity contribution in [2.24, 2.45) is 0 Å². The average molecular weight is 298 g/mol. The highest BCUT2D eigenvalue weighted by molar-refractivity contribution is 5.91. The smallest absolute Gasteiger partial charge is 0.105 e. The third kappa shape index (κ3) is 2.60. The summed E-state index contributed by atoms with van der Waals surface area (Å²) < 4.78 is 7.34. The van der Waals surface area contributed by atoms with E-state index in [1.54, 1.807) is 6.20 Å². The highest BCUT2D eigenvalue weighted by atomic mass is 16.5. The monoisotopic (exact) mass is 298 g/mol. The van der Waals surface area contributed by atoms with Crippen LogP contribution in [-0.2, 0) is 11.3 Å². The maximum atomic E-state index is 5.36. The van der Waals surface area contributed by atoms with Crippen LogP contribution in [0.5, 0.6) is 0 Å². The van der Waals surface area contributed by atoms with E-state index in [0.717, 1.165) is 61.6 Å². The van der Waals surface area contributed by atoms with E-state index in [1.165, 1.54) is 0 Å². The number of nitrogens with one attached hydrogen (secondary N) is 1. The molecule has 1 aliphatic heterocycles. The zero-order chi connectivity index (χ0) is 14.8. The van der Waals surface area contributed by atoms with Crippen molar-refractivity contribution in [1.29, 1.82) is 0 Å². The van der Waals surface area contributed by atoms with Crippen LogP contribution in [0.15, 0.2) is 30.9 Å². The largest absolute Gasteiger partial charge is 0.379 e. The second-order valence-corrected chi connectivity index (χ2v) is 5.44. The SMILES string of the molecule is c1cc2[nH]nc(-c3cnn(CCN4CCOCC4)c3)c2cn1. The van der Waals surface area contributed by atoms with Crippen LogP contribution >= 0.6 is 0 Å². The quantitative estimate of drug-likeness (QED) is 0.782. The molecule has 0 aliphatic carbocycles. The van der Waals surface area contributed by atoms with Gasteiger partial charge in [-0.25, -0.2) is 0 Å². The number of fused-ring (bicyclic) bond motifs is 1. The van der Waals surface area contributed by atoms with Crippen LogP contribution in [0.25, 0.3) is 22.2 Å². The fourth-order valence-electron chi connectivity index (χ4n) is 2.75. The fraction of sp³-hybridized carbons (Fsp3) is 0.400. The molecule has 0 radical (unpaired) electrons. The molecule has 0 aromatic carbocycles. The molecule has 7 heteroatoms. The van der Waals surface area contributed by atoms with Gasteiger partial charge in [0.1, 0.15) is 5.69 Å². The van der Waals surface area contributed by atoms with Crippen LogP contribution in [-0.4, -0.2) is 62.7 Å². The normalized spacial score (nSPS) is 16.4. The first kappa shape index (κ1) is 13.4. The Balaban J connectivity index is 1.49. The third-order valence-corrected chi connectivity index (χ3v) is 4.02. The number of rotatable bonds is 4. The lowest BCUT2D eigenvalue weighted by Gasteiger charge is -2.26. The molecular weight excluding hydrogens is 280 g/mol. The van der Waals surface area contributed by atoms with Crippen molar-refractivity contribution in [3.05, 3.63) is 30.9 Å². The molecule has 1 saturated heterocycles. The Hall–Kier alpha value is -2.25. The molecular formula is C15H18N6O. The van der Waals surface area contributed by atoms with Crippen molar-refractivity contribution < 1.29 is 4.74 Å². The number of hydrogen-bond acceptors (Lipinski definition) is 5. The van der Waals surface area contributed by atoms with E-state index >= 15 is 0 Å². The molecule has 3 aromatic rings. The molecule has 4 rings (SSSR count). The van der Waals surface area contributed by atoms with Crippen LogP contribution in [0.2, 0.25) is 0 Å². The topological polar surface area (TPSA) is 71.9 Å². The molecule has 0 amide bonds. The summed E-state index contributed by atoms with van der Waals surface area (Å²) >= 11 is 0. The van der Waals surface area contributed by atoms with Gasteiger partial charge in [0.15, 0.2) is 0 Å². The minimum absolute atomic E-state index is 0.830. The summed E-state index contributed by atoms with van der Waals surface area (Å²) in [6, 6.07) is 1.93. The number of aromatic amines is 1. The van der Waals surface area contributed by atoms with Gasteiger partial charge in [-0.3, -0.25) is 19.7 Å². The fourth-order valence-corrected chi connectivity index (χ4v) is 2.75. The van der Waals surface area contributed by atoms with Crippen molar-refractivity contribution in [3.63, 3.8) is 0 Å². The molecule has 0 bridgehead atoms. The van der Waals surface area contributed by atoms with Crippen molar-refractivity contribution in [2.45, 2.75) is 6.54 Å². The van der Waals surface area contributed by atoms with Gasteiger partial charge in [0.05, 0.1) is 31.5 Å². The van der Waals surface area contributed by atoms with Gasteiger partial charge in [-0.2, -0.15) is 10.2 Å². The van der Waals surface area contributed by atoms with Crippen LogP contribution < -0.4 is 0 Å². The first-order valence-electron chi connectivity index (χ1n) is 7.51. The molecule has 114 valence electrons.